The number of hydrogen-bond acceptors (Lipinski definition) is 5. The monoisotopic (exact) mass is 261 g/mol. The van der Waals surface area contributed by atoms with E-state index in [9.17, 15) is 4.79 Å². The van der Waals surface area contributed by atoms with Gasteiger partial charge >= 0.3 is 0 Å². The summed E-state index contributed by atoms with van der Waals surface area (Å²) in [6.07, 6.45) is 1.97. The molecule has 102 valence electrons. The van der Waals surface area contributed by atoms with Gasteiger partial charge in [0, 0.05) is 18.7 Å². The zero-order valence-corrected chi connectivity index (χ0v) is 11.3. The first-order chi connectivity index (χ1) is 9.08. The molecule has 2 saturated heterocycles. The summed E-state index contributed by atoms with van der Waals surface area (Å²) < 4.78 is 0. The van der Waals surface area contributed by atoms with Gasteiger partial charge in [0.05, 0.1) is 12.0 Å². The third-order valence-corrected chi connectivity index (χ3v) is 4.14. The van der Waals surface area contributed by atoms with E-state index in [0.29, 0.717) is 18.2 Å². The second-order valence-corrected chi connectivity index (χ2v) is 5.36. The number of piperidine rings is 1. The van der Waals surface area contributed by atoms with E-state index in [0.717, 1.165) is 30.8 Å². The molecule has 19 heavy (non-hydrogen) atoms. The van der Waals surface area contributed by atoms with Crippen LogP contribution in [0.15, 0.2) is 0 Å². The topological polar surface area (TPSA) is 84.1 Å². The number of carbonyl (C=O) groups excluding carboxylic acids is 1. The first-order valence-corrected chi connectivity index (χ1v) is 6.73. The normalized spacial score (nSPS) is 26.2. The van der Waals surface area contributed by atoms with Crippen molar-refractivity contribution in [2.45, 2.75) is 32.7 Å². The quantitative estimate of drug-likeness (QED) is 0.764. The van der Waals surface area contributed by atoms with Crippen molar-refractivity contribution in [3.8, 4) is 0 Å². The number of anilines is 2. The van der Waals surface area contributed by atoms with Gasteiger partial charge in [-0.15, -0.1) is 0 Å². The average molecular weight is 261 g/mol. The van der Waals surface area contributed by atoms with Crippen molar-refractivity contribution in [3.05, 3.63) is 11.4 Å². The molecule has 2 aliphatic rings. The number of aromatic nitrogens is 2. The Kier molecular flexibility index (Phi) is 2.80. The van der Waals surface area contributed by atoms with Crippen molar-refractivity contribution in [2.24, 2.45) is 5.92 Å². The summed E-state index contributed by atoms with van der Waals surface area (Å²) in [5.74, 6) is 2.35. The molecule has 0 bridgehead atoms. The molecule has 1 aromatic rings. The van der Waals surface area contributed by atoms with Crippen molar-refractivity contribution in [2.75, 3.05) is 23.7 Å². The van der Waals surface area contributed by atoms with E-state index in [4.69, 9.17) is 5.73 Å². The Balaban J connectivity index is 2.00. The largest absolute Gasteiger partial charge is 0.383 e. The summed E-state index contributed by atoms with van der Waals surface area (Å²) in [6, 6.07) is 0.202. The molecule has 2 aliphatic heterocycles. The molecule has 0 spiro atoms. The molecular weight excluding hydrogens is 242 g/mol. The van der Waals surface area contributed by atoms with Crippen molar-refractivity contribution >= 4 is 17.5 Å². The molecule has 0 aromatic carbocycles. The van der Waals surface area contributed by atoms with Crippen LogP contribution >= 0.6 is 0 Å². The lowest BCUT2D eigenvalue weighted by molar-refractivity contribution is -0.122. The highest BCUT2D eigenvalue weighted by atomic mass is 16.2. The summed E-state index contributed by atoms with van der Waals surface area (Å²) in [7, 11) is 0. The number of fused-ring (bicyclic) bond motifs is 1. The number of rotatable bonds is 1. The lowest BCUT2D eigenvalue weighted by Gasteiger charge is -2.37. The van der Waals surface area contributed by atoms with Gasteiger partial charge in [-0.2, -0.15) is 0 Å². The molecule has 1 amide bonds. The Bertz CT molecular complexity index is 530. The number of carbonyl (C=O) groups is 1. The fourth-order valence-corrected chi connectivity index (χ4v) is 3.13. The number of nitrogen functional groups attached to an aromatic ring is 1. The van der Waals surface area contributed by atoms with Crippen molar-refractivity contribution in [1.82, 2.24) is 15.3 Å². The van der Waals surface area contributed by atoms with Crippen molar-refractivity contribution in [3.63, 3.8) is 0 Å². The molecule has 2 unspecified atom stereocenters. The van der Waals surface area contributed by atoms with Crippen LogP contribution in [0.25, 0.3) is 0 Å². The van der Waals surface area contributed by atoms with Gasteiger partial charge in [0.2, 0.25) is 5.91 Å². The Morgan fingerprint density at radius 2 is 2.16 bits per heavy atom. The minimum Gasteiger partial charge on any atom is -0.383 e. The summed E-state index contributed by atoms with van der Waals surface area (Å²) in [5.41, 5.74) is 6.84. The van der Waals surface area contributed by atoms with Gasteiger partial charge in [0.25, 0.3) is 0 Å². The highest BCUT2D eigenvalue weighted by Crippen LogP contribution is 2.33. The van der Waals surface area contributed by atoms with Crippen LogP contribution in [0, 0.1) is 19.8 Å². The first-order valence-electron chi connectivity index (χ1n) is 6.73. The standard InChI is InChI=1S/C13H19N5O/c1-7-11(14)16-8(2)17-12(7)18-5-3-4-9-10(18)6-15-13(9)19/h9-10H,3-6H2,1-2H3,(H,15,19)(H2,14,16,17). The van der Waals surface area contributed by atoms with Crippen LogP contribution in [0.3, 0.4) is 0 Å². The Labute approximate surface area is 112 Å². The molecular formula is C13H19N5O. The van der Waals surface area contributed by atoms with Crippen LogP contribution in [0.5, 0.6) is 0 Å². The van der Waals surface area contributed by atoms with Crippen molar-refractivity contribution in [1.29, 1.82) is 0 Å². The van der Waals surface area contributed by atoms with Gasteiger partial charge in [-0.25, -0.2) is 9.97 Å². The Hall–Kier alpha value is -1.85. The van der Waals surface area contributed by atoms with Gasteiger partial charge in [0.1, 0.15) is 17.5 Å². The van der Waals surface area contributed by atoms with Gasteiger partial charge in [-0.3, -0.25) is 4.79 Å². The van der Waals surface area contributed by atoms with Gasteiger partial charge < -0.3 is 16.0 Å². The smallest absolute Gasteiger partial charge is 0.225 e. The molecule has 2 atom stereocenters. The molecule has 3 N–H and O–H groups in total. The fraction of sp³-hybridized carbons (Fsp3) is 0.615. The number of nitrogens with zero attached hydrogens (tertiary/aromatic N) is 3. The summed E-state index contributed by atoms with van der Waals surface area (Å²) in [4.78, 5) is 22.8. The van der Waals surface area contributed by atoms with E-state index in [-0.39, 0.29) is 17.9 Å². The van der Waals surface area contributed by atoms with E-state index in [1.165, 1.54) is 0 Å². The van der Waals surface area contributed by atoms with Crippen LogP contribution in [-0.4, -0.2) is 35.0 Å². The molecule has 1 aromatic heterocycles. The second-order valence-electron chi connectivity index (χ2n) is 5.36. The summed E-state index contributed by atoms with van der Waals surface area (Å²) in [6.45, 7) is 5.41. The molecule has 3 heterocycles. The zero-order valence-electron chi connectivity index (χ0n) is 11.3. The minimum atomic E-state index is 0.0876. The molecule has 6 heteroatoms. The lowest BCUT2D eigenvalue weighted by atomic mass is 9.91. The van der Waals surface area contributed by atoms with Crippen molar-refractivity contribution < 1.29 is 4.79 Å². The van der Waals surface area contributed by atoms with E-state index >= 15 is 0 Å². The van der Waals surface area contributed by atoms with Crippen LogP contribution in [0.4, 0.5) is 11.6 Å². The number of amides is 1. The molecule has 0 aliphatic carbocycles. The maximum atomic E-state index is 11.8. The highest BCUT2D eigenvalue weighted by molar-refractivity contribution is 5.83. The zero-order chi connectivity index (χ0) is 13.6. The summed E-state index contributed by atoms with van der Waals surface area (Å²) in [5, 5.41) is 2.95. The highest BCUT2D eigenvalue weighted by Gasteiger charge is 2.41. The lowest BCUT2D eigenvalue weighted by Crippen LogP contribution is -2.46. The van der Waals surface area contributed by atoms with E-state index < -0.39 is 0 Å². The van der Waals surface area contributed by atoms with Crippen LogP contribution in [0.1, 0.15) is 24.2 Å². The summed E-state index contributed by atoms with van der Waals surface area (Å²) >= 11 is 0. The van der Waals surface area contributed by atoms with Gasteiger partial charge in [-0.1, -0.05) is 0 Å². The maximum absolute atomic E-state index is 11.8. The van der Waals surface area contributed by atoms with Crippen LogP contribution in [-0.2, 0) is 4.79 Å². The molecule has 0 radical (unpaired) electrons. The van der Waals surface area contributed by atoms with Gasteiger partial charge in [-0.05, 0) is 26.7 Å². The van der Waals surface area contributed by atoms with E-state index in [2.05, 4.69) is 20.2 Å². The first kappa shape index (κ1) is 12.2. The Morgan fingerprint density at radius 3 is 2.95 bits per heavy atom. The van der Waals surface area contributed by atoms with Crippen LogP contribution < -0.4 is 16.0 Å². The average Bonchev–Trinajstić information content (AvgIpc) is 2.76. The molecule has 2 fully saturated rings. The third kappa shape index (κ3) is 1.91. The number of aryl methyl sites for hydroxylation is 1. The Morgan fingerprint density at radius 1 is 1.37 bits per heavy atom. The fourth-order valence-electron chi connectivity index (χ4n) is 3.13. The van der Waals surface area contributed by atoms with E-state index in [1.807, 2.05) is 13.8 Å². The van der Waals surface area contributed by atoms with E-state index in [1.54, 1.807) is 0 Å². The second kappa shape index (κ2) is 4.36. The third-order valence-electron chi connectivity index (χ3n) is 4.14. The predicted molar refractivity (Wildman–Crippen MR) is 72.8 cm³/mol. The maximum Gasteiger partial charge on any atom is 0.225 e. The minimum absolute atomic E-state index is 0.0876. The predicted octanol–water partition coefficient (Wildman–Crippen LogP) is 0.390. The molecule has 6 nitrogen and oxygen atoms in total. The SMILES string of the molecule is Cc1nc(N)c(C)c(N2CCCC3C(=O)NCC32)n1. The van der Waals surface area contributed by atoms with Gasteiger partial charge in [0.15, 0.2) is 0 Å². The molecule has 3 rings (SSSR count). The van der Waals surface area contributed by atoms with Crippen LogP contribution in [0.2, 0.25) is 0 Å². The number of nitrogens with one attached hydrogen (secondary N) is 1. The number of hydrogen-bond donors (Lipinski definition) is 2. The number of nitrogens with two attached hydrogens (primary N) is 1. The molecule has 0 saturated carbocycles.